The average molecular weight is 299 g/mol. The van der Waals surface area contributed by atoms with Gasteiger partial charge in [-0.05, 0) is 25.0 Å². The highest BCUT2D eigenvalue weighted by molar-refractivity contribution is 5.71. The van der Waals surface area contributed by atoms with Gasteiger partial charge < -0.3 is 4.52 Å². The summed E-state index contributed by atoms with van der Waals surface area (Å²) in [4.78, 5) is 25.2. The summed E-state index contributed by atoms with van der Waals surface area (Å²) in [5.41, 5.74) is 0.683. The molecule has 0 saturated heterocycles. The molecule has 0 aliphatic carbocycles. The van der Waals surface area contributed by atoms with Gasteiger partial charge in [0.05, 0.1) is 11.8 Å². The normalized spacial score (nSPS) is 12.9. The van der Waals surface area contributed by atoms with Gasteiger partial charge >= 0.3 is 0 Å². The SMILES string of the molecule is CC(C)Cc1noc(C(C)n2cnc3cccnc3c2=O)n1. The fraction of sp³-hybridized carbons (Fsp3) is 0.400. The number of hydrogen-bond acceptors (Lipinski definition) is 6. The van der Waals surface area contributed by atoms with Crippen LogP contribution >= 0.6 is 0 Å². The van der Waals surface area contributed by atoms with Crippen LogP contribution in [-0.4, -0.2) is 24.7 Å². The van der Waals surface area contributed by atoms with Crippen molar-refractivity contribution in [3.63, 3.8) is 0 Å². The van der Waals surface area contributed by atoms with E-state index < -0.39 is 0 Å². The van der Waals surface area contributed by atoms with Gasteiger partial charge in [-0.3, -0.25) is 9.36 Å². The van der Waals surface area contributed by atoms with Gasteiger partial charge in [-0.1, -0.05) is 19.0 Å². The molecule has 0 radical (unpaired) electrons. The first-order valence-corrected chi connectivity index (χ1v) is 7.20. The summed E-state index contributed by atoms with van der Waals surface area (Å²) >= 11 is 0. The minimum Gasteiger partial charge on any atom is -0.337 e. The minimum absolute atomic E-state index is 0.221. The Kier molecular flexibility index (Phi) is 3.70. The maximum absolute atomic E-state index is 12.5. The Morgan fingerprint density at radius 1 is 1.27 bits per heavy atom. The molecule has 0 spiro atoms. The smallest absolute Gasteiger partial charge is 0.280 e. The molecule has 0 saturated carbocycles. The first-order valence-electron chi connectivity index (χ1n) is 7.20. The second-order valence-electron chi connectivity index (χ2n) is 5.65. The van der Waals surface area contributed by atoms with Crippen molar-refractivity contribution >= 4 is 11.0 Å². The molecule has 0 aliphatic rings. The van der Waals surface area contributed by atoms with Crippen LogP contribution in [0.1, 0.15) is 38.5 Å². The van der Waals surface area contributed by atoms with Gasteiger partial charge in [0.2, 0.25) is 5.89 Å². The lowest BCUT2D eigenvalue weighted by Gasteiger charge is -2.10. The molecule has 3 aromatic heterocycles. The van der Waals surface area contributed by atoms with Crippen molar-refractivity contribution in [3.8, 4) is 0 Å². The highest BCUT2D eigenvalue weighted by Crippen LogP contribution is 2.15. The second kappa shape index (κ2) is 5.67. The lowest BCUT2D eigenvalue weighted by atomic mass is 10.1. The third-order valence-corrected chi connectivity index (χ3v) is 3.39. The van der Waals surface area contributed by atoms with E-state index in [0.29, 0.717) is 28.7 Å². The molecule has 3 heterocycles. The van der Waals surface area contributed by atoms with E-state index in [1.165, 1.54) is 10.9 Å². The molecule has 0 amide bonds. The second-order valence-corrected chi connectivity index (χ2v) is 5.65. The molecule has 7 heteroatoms. The zero-order chi connectivity index (χ0) is 15.7. The van der Waals surface area contributed by atoms with Crippen LogP contribution in [0.5, 0.6) is 0 Å². The molecule has 114 valence electrons. The topological polar surface area (TPSA) is 86.7 Å². The number of hydrogen-bond donors (Lipinski definition) is 0. The largest absolute Gasteiger partial charge is 0.337 e. The summed E-state index contributed by atoms with van der Waals surface area (Å²) in [5, 5.41) is 3.96. The average Bonchev–Trinajstić information content (AvgIpc) is 2.95. The Bertz CT molecular complexity index is 852. The van der Waals surface area contributed by atoms with Gasteiger partial charge in [-0.25, -0.2) is 9.97 Å². The lowest BCUT2D eigenvalue weighted by molar-refractivity contribution is 0.338. The predicted molar refractivity (Wildman–Crippen MR) is 80.5 cm³/mol. The lowest BCUT2D eigenvalue weighted by Crippen LogP contribution is -2.25. The highest BCUT2D eigenvalue weighted by Gasteiger charge is 2.19. The Morgan fingerprint density at radius 2 is 2.09 bits per heavy atom. The van der Waals surface area contributed by atoms with E-state index in [0.717, 1.165) is 6.42 Å². The van der Waals surface area contributed by atoms with E-state index in [4.69, 9.17) is 4.52 Å². The number of fused-ring (bicyclic) bond motifs is 1. The first kappa shape index (κ1) is 14.4. The molecular weight excluding hydrogens is 282 g/mol. The minimum atomic E-state index is -0.389. The number of pyridine rings is 1. The van der Waals surface area contributed by atoms with Crippen molar-refractivity contribution in [1.29, 1.82) is 0 Å². The summed E-state index contributed by atoms with van der Waals surface area (Å²) in [7, 11) is 0. The van der Waals surface area contributed by atoms with Crippen LogP contribution in [0.25, 0.3) is 11.0 Å². The molecule has 0 aromatic carbocycles. The molecule has 1 atom stereocenters. The molecular formula is C15H17N5O2. The molecule has 7 nitrogen and oxygen atoms in total. The van der Waals surface area contributed by atoms with Crippen LogP contribution < -0.4 is 5.56 Å². The summed E-state index contributed by atoms with van der Waals surface area (Å²) in [5.74, 6) is 1.49. The summed E-state index contributed by atoms with van der Waals surface area (Å²) in [6.45, 7) is 6.00. The van der Waals surface area contributed by atoms with Crippen LogP contribution in [0.15, 0.2) is 34.0 Å². The summed E-state index contributed by atoms with van der Waals surface area (Å²) < 4.78 is 6.74. The Labute approximate surface area is 127 Å². The van der Waals surface area contributed by atoms with E-state index >= 15 is 0 Å². The van der Waals surface area contributed by atoms with Gasteiger partial charge in [0, 0.05) is 12.6 Å². The van der Waals surface area contributed by atoms with Gasteiger partial charge in [0.15, 0.2) is 11.3 Å². The van der Waals surface area contributed by atoms with E-state index in [2.05, 4.69) is 34.0 Å². The van der Waals surface area contributed by atoms with E-state index in [1.807, 2.05) is 6.92 Å². The fourth-order valence-electron chi connectivity index (χ4n) is 2.24. The van der Waals surface area contributed by atoms with Crippen LogP contribution in [-0.2, 0) is 6.42 Å². The zero-order valence-electron chi connectivity index (χ0n) is 12.7. The highest BCUT2D eigenvalue weighted by atomic mass is 16.5. The third-order valence-electron chi connectivity index (χ3n) is 3.39. The number of aromatic nitrogens is 5. The van der Waals surface area contributed by atoms with E-state index in [1.54, 1.807) is 18.3 Å². The van der Waals surface area contributed by atoms with Crippen molar-refractivity contribution in [2.45, 2.75) is 33.2 Å². The van der Waals surface area contributed by atoms with Crippen molar-refractivity contribution < 1.29 is 4.52 Å². The third kappa shape index (κ3) is 2.61. The van der Waals surface area contributed by atoms with Gasteiger partial charge in [-0.2, -0.15) is 4.98 Å². The Balaban J connectivity index is 1.98. The van der Waals surface area contributed by atoms with Gasteiger partial charge in [0.25, 0.3) is 5.56 Å². The van der Waals surface area contributed by atoms with Gasteiger partial charge in [0.1, 0.15) is 6.04 Å². The fourth-order valence-corrected chi connectivity index (χ4v) is 2.24. The first-order chi connectivity index (χ1) is 10.6. The van der Waals surface area contributed by atoms with Crippen LogP contribution in [0, 0.1) is 5.92 Å². The van der Waals surface area contributed by atoms with Crippen molar-refractivity contribution in [2.75, 3.05) is 0 Å². The van der Waals surface area contributed by atoms with Gasteiger partial charge in [-0.15, -0.1) is 0 Å². The monoisotopic (exact) mass is 299 g/mol. The van der Waals surface area contributed by atoms with Crippen molar-refractivity contribution in [3.05, 3.63) is 46.7 Å². The van der Waals surface area contributed by atoms with Crippen LogP contribution in [0.4, 0.5) is 0 Å². The Morgan fingerprint density at radius 3 is 2.86 bits per heavy atom. The van der Waals surface area contributed by atoms with Crippen molar-refractivity contribution in [1.82, 2.24) is 24.7 Å². The van der Waals surface area contributed by atoms with E-state index in [9.17, 15) is 4.79 Å². The number of nitrogens with zero attached hydrogens (tertiary/aromatic N) is 5. The maximum atomic E-state index is 12.5. The zero-order valence-corrected chi connectivity index (χ0v) is 12.7. The maximum Gasteiger partial charge on any atom is 0.280 e. The molecule has 3 aromatic rings. The summed E-state index contributed by atoms with van der Waals surface area (Å²) in [6, 6.07) is 3.12. The van der Waals surface area contributed by atoms with Crippen LogP contribution in [0.3, 0.4) is 0 Å². The number of rotatable bonds is 4. The Hall–Kier alpha value is -2.57. The molecule has 0 bridgehead atoms. The predicted octanol–water partition coefficient (Wildman–Crippen LogP) is 1.98. The van der Waals surface area contributed by atoms with Crippen molar-refractivity contribution in [2.24, 2.45) is 5.92 Å². The standard InChI is InChI=1S/C15H17N5O2/c1-9(2)7-12-18-14(22-19-12)10(3)20-8-17-11-5-4-6-16-13(11)15(20)21/h4-6,8-10H,7H2,1-3H3. The molecule has 1 unspecified atom stereocenters. The molecule has 0 fully saturated rings. The quantitative estimate of drug-likeness (QED) is 0.732. The summed E-state index contributed by atoms with van der Waals surface area (Å²) in [6.07, 6.45) is 3.81. The molecule has 0 N–H and O–H groups in total. The molecule has 3 rings (SSSR count). The van der Waals surface area contributed by atoms with Crippen LogP contribution in [0.2, 0.25) is 0 Å². The molecule has 22 heavy (non-hydrogen) atoms. The molecule has 0 aliphatic heterocycles. The van der Waals surface area contributed by atoms with E-state index in [-0.39, 0.29) is 11.6 Å².